The van der Waals surface area contributed by atoms with E-state index in [2.05, 4.69) is 0 Å². The first-order chi connectivity index (χ1) is 5.54. The lowest BCUT2D eigenvalue weighted by atomic mass is 10.0. The van der Waals surface area contributed by atoms with Gasteiger partial charge < -0.3 is 26.8 Å². The minimum absolute atomic E-state index is 0.270. The van der Waals surface area contributed by atoms with E-state index in [-0.39, 0.29) is 6.54 Å². The summed E-state index contributed by atoms with van der Waals surface area (Å²) >= 11 is 0. The van der Waals surface area contributed by atoms with Gasteiger partial charge in [-0.2, -0.15) is 0 Å². The van der Waals surface area contributed by atoms with E-state index in [9.17, 15) is 4.79 Å². The standard InChI is InChI=1S/C6H14N2O4/c7-1-4(10)6(12)5(11)3(8)2-9/h3-5,9-11H,1-2,7-8H2/t3-,4-,5+/m1/s1. The van der Waals surface area contributed by atoms with Crippen molar-refractivity contribution in [1.82, 2.24) is 0 Å². The first-order valence-corrected chi connectivity index (χ1v) is 3.51. The number of aliphatic hydroxyl groups excluding tert-OH is 3. The zero-order valence-corrected chi connectivity index (χ0v) is 6.55. The van der Waals surface area contributed by atoms with Gasteiger partial charge in [0.1, 0.15) is 12.2 Å². The molecule has 0 saturated carbocycles. The van der Waals surface area contributed by atoms with Crippen LogP contribution < -0.4 is 11.5 Å². The van der Waals surface area contributed by atoms with E-state index in [0.717, 1.165) is 0 Å². The zero-order valence-electron chi connectivity index (χ0n) is 6.55. The molecule has 0 aliphatic carbocycles. The Hall–Kier alpha value is -0.530. The highest BCUT2D eigenvalue weighted by Crippen LogP contribution is 1.95. The summed E-state index contributed by atoms with van der Waals surface area (Å²) in [6.07, 6.45) is -2.98. The van der Waals surface area contributed by atoms with Crippen LogP contribution in [0.1, 0.15) is 0 Å². The van der Waals surface area contributed by atoms with Gasteiger partial charge in [-0.05, 0) is 0 Å². The molecule has 0 spiro atoms. The molecule has 3 atom stereocenters. The second kappa shape index (κ2) is 5.18. The molecule has 6 nitrogen and oxygen atoms in total. The van der Waals surface area contributed by atoms with Gasteiger partial charge in [-0.15, -0.1) is 0 Å². The van der Waals surface area contributed by atoms with Gasteiger partial charge in [0.15, 0.2) is 5.78 Å². The Bertz CT molecular complexity index is 152. The van der Waals surface area contributed by atoms with Gasteiger partial charge in [0.05, 0.1) is 12.6 Å². The molecular formula is C6H14N2O4. The van der Waals surface area contributed by atoms with Crippen LogP contribution in [0, 0.1) is 0 Å². The van der Waals surface area contributed by atoms with Crippen LogP contribution in [0.2, 0.25) is 0 Å². The smallest absolute Gasteiger partial charge is 0.192 e. The largest absolute Gasteiger partial charge is 0.395 e. The number of aliphatic hydroxyl groups is 3. The molecule has 72 valence electrons. The molecule has 7 N–H and O–H groups in total. The molecule has 0 aliphatic rings. The van der Waals surface area contributed by atoms with E-state index in [1.807, 2.05) is 0 Å². The topological polar surface area (TPSA) is 130 Å². The summed E-state index contributed by atoms with van der Waals surface area (Å²) in [6.45, 7) is -0.793. The summed E-state index contributed by atoms with van der Waals surface area (Å²) in [4.78, 5) is 10.9. The van der Waals surface area contributed by atoms with Crippen LogP contribution in [0.5, 0.6) is 0 Å². The van der Waals surface area contributed by atoms with Crippen molar-refractivity contribution in [2.75, 3.05) is 13.2 Å². The average Bonchev–Trinajstić information content (AvgIpc) is 2.12. The normalized spacial score (nSPS) is 18.4. The highest BCUT2D eigenvalue weighted by atomic mass is 16.3. The molecule has 0 heterocycles. The van der Waals surface area contributed by atoms with E-state index in [0.29, 0.717) is 0 Å². The minimum Gasteiger partial charge on any atom is -0.395 e. The molecule has 0 rings (SSSR count). The Morgan fingerprint density at radius 3 is 2.25 bits per heavy atom. The molecule has 0 unspecified atom stereocenters. The van der Waals surface area contributed by atoms with Crippen LogP contribution in [0.3, 0.4) is 0 Å². The summed E-state index contributed by atoms with van der Waals surface area (Å²) in [5, 5.41) is 26.4. The maximum absolute atomic E-state index is 10.9. The lowest BCUT2D eigenvalue weighted by Gasteiger charge is -2.17. The first kappa shape index (κ1) is 11.5. The fourth-order valence-electron chi connectivity index (χ4n) is 0.624. The molecule has 12 heavy (non-hydrogen) atoms. The predicted molar refractivity (Wildman–Crippen MR) is 41.1 cm³/mol. The summed E-state index contributed by atoms with van der Waals surface area (Å²) in [7, 11) is 0. The van der Waals surface area contributed by atoms with Gasteiger partial charge in [0, 0.05) is 6.54 Å². The van der Waals surface area contributed by atoms with E-state index in [1.54, 1.807) is 0 Å². The number of rotatable bonds is 5. The second-order valence-electron chi connectivity index (χ2n) is 2.45. The molecule has 0 aromatic heterocycles. The molecule has 0 amide bonds. The molecule has 0 fully saturated rings. The summed E-state index contributed by atoms with van der Waals surface area (Å²) < 4.78 is 0. The SMILES string of the molecule is NC[C@@H](O)C(=O)[C@@H](O)[C@H](N)CO. The highest BCUT2D eigenvalue weighted by Gasteiger charge is 2.26. The van der Waals surface area contributed by atoms with Crippen LogP contribution in [-0.4, -0.2) is 52.5 Å². The Morgan fingerprint density at radius 2 is 1.92 bits per heavy atom. The molecule has 0 bridgehead atoms. The first-order valence-electron chi connectivity index (χ1n) is 3.51. The van der Waals surface area contributed by atoms with Crippen molar-refractivity contribution >= 4 is 5.78 Å². The number of hydrogen-bond acceptors (Lipinski definition) is 6. The number of hydrogen-bond donors (Lipinski definition) is 5. The summed E-state index contributed by atoms with van der Waals surface area (Å²) in [6, 6.07) is -1.07. The van der Waals surface area contributed by atoms with E-state index in [4.69, 9.17) is 26.8 Å². The third-order valence-electron chi connectivity index (χ3n) is 1.46. The Morgan fingerprint density at radius 1 is 1.42 bits per heavy atom. The maximum atomic E-state index is 10.9. The fourth-order valence-corrected chi connectivity index (χ4v) is 0.624. The molecule has 6 heteroatoms. The lowest BCUT2D eigenvalue weighted by molar-refractivity contribution is -0.136. The van der Waals surface area contributed by atoms with Crippen molar-refractivity contribution in [2.45, 2.75) is 18.2 Å². The Balaban J connectivity index is 4.09. The molecule has 0 aromatic carbocycles. The number of Topliss-reactive ketones (excluding diaryl/α,β-unsaturated/α-hetero) is 1. The third kappa shape index (κ3) is 2.84. The number of carbonyl (C=O) groups is 1. The average molecular weight is 178 g/mol. The molecule has 0 radical (unpaired) electrons. The Labute approximate surface area is 69.8 Å². The van der Waals surface area contributed by atoms with Crippen molar-refractivity contribution in [3.63, 3.8) is 0 Å². The molecular weight excluding hydrogens is 164 g/mol. The monoisotopic (exact) mass is 178 g/mol. The van der Waals surface area contributed by atoms with Crippen molar-refractivity contribution in [3.05, 3.63) is 0 Å². The molecule has 0 saturated heterocycles. The van der Waals surface area contributed by atoms with Gasteiger partial charge in [-0.1, -0.05) is 0 Å². The Kier molecular flexibility index (Phi) is 4.95. The van der Waals surface area contributed by atoms with Gasteiger partial charge in [-0.3, -0.25) is 4.79 Å². The number of ketones is 1. The highest BCUT2D eigenvalue weighted by molar-refractivity contribution is 5.87. The van der Waals surface area contributed by atoms with Crippen molar-refractivity contribution in [1.29, 1.82) is 0 Å². The van der Waals surface area contributed by atoms with Crippen LogP contribution in [0.15, 0.2) is 0 Å². The van der Waals surface area contributed by atoms with Crippen molar-refractivity contribution in [2.24, 2.45) is 11.5 Å². The summed E-state index contributed by atoms with van der Waals surface area (Å²) in [5.41, 5.74) is 10.1. The van der Waals surface area contributed by atoms with Gasteiger partial charge in [0.25, 0.3) is 0 Å². The van der Waals surface area contributed by atoms with Crippen LogP contribution >= 0.6 is 0 Å². The fraction of sp³-hybridized carbons (Fsp3) is 0.833. The van der Waals surface area contributed by atoms with Crippen molar-refractivity contribution in [3.8, 4) is 0 Å². The van der Waals surface area contributed by atoms with Crippen molar-refractivity contribution < 1.29 is 20.1 Å². The molecule has 0 aromatic rings. The van der Waals surface area contributed by atoms with Gasteiger partial charge >= 0.3 is 0 Å². The van der Waals surface area contributed by atoms with Crippen LogP contribution in [0.25, 0.3) is 0 Å². The zero-order chi connectivity index (χ0) is 9.72. The van der Waals surface area contributed by atoms with Crippen LogP contribution in [0.4, 0.5) is 0 Å². The number of carbonyl (C=O) groups excluding carboxylic acids is 1. The predicted octanol–water partition coefficient (Wildman–Crippen LogP) is -3.44. The van der Waals surface area contributed by atoms with Gasteiger partial charge in [-0.25, -0.2) is 0 Å². The van der Waals surface area contributed by atoms with E-state index in [1.165, 1.54) is 0 Å². The maximum Gasteiger partial charge on any atom is 0.192 e. The molecule has 0 aliphatic heterocycles. The third-order valence-corrected chi connectivity index (χ3v) is 1.46. The second-order valence-corrected chi connectivity index (χ2v) is 2.45. The van der Waals surface area contributed by atoms with E-state index < -0.39 is 30.6 Å². The van der Waals surface area contributed by atoms with Crippen LogP contribution in [-0.2, 0) is 4.79 Å². The quantitative estimate of drug-likeness (QED) is 0.298. The summed E-state index contributed by atoms with van der Waals surface area (Å²) in [5.74, 6) is -0.862. The lowest BCUT2D eigenvalue weighted by Crippen LogP contribution is -2.48. The van der Waals surface area contributed by atoms with E-state index >= 15 is 0 Å². The van der Waals surface area contributed by atoms with Gasteiger partial charge in [0.2, 0.25) is 0 Å². The number of nitrogens with two attached hydrogens (primary N) is 2. The minimum atomic E-state index is -1.56.